The Labute approximate surface area is 133 Å². The Morgan fingerprint density at radius 3 is 2.39 bits per heavy atom. The fraction of sp³-hybridized carbons (Fsp3) is 0.111. The Morgan fingerprint density at radius 1 is 0.870 bits per heavy atom. The number of hydrogen-bond donors (Lipinski definition) is 0. The molecule has 5 nitrogen and oxygen atoms in total. The maximum Gasteiger partial charge on any atom is 0.301 e. The van der Waals surface area contributed by atoms with Crippen LogP contribution < -0.4 is 9.47 Å². The molecule has 2 aromatic heterocycles. The second kappa shape index (κ2) is 5.28. The molecule has 0 atom stereocenters. The van der Waals surface area contributed by atoms with Crippen LogP contribution in [0.3, 0.4) is 0 Å². The summed E-state index contributed by atoms with van der Waals surface area (Å²) >= 11 is 0. The van der Waals surface area contributed by atoms with Gasteiger partial charge < -0.3 is 9.47 Å². The second-order valence-electron chi connectivity index (χ2n) is 5.14. The van der Waals surface area contributed by atoms with Crippen molar-refractivity contribution in [3.8, 4) is 17.4 Å². The first-order valence-electron chi connectivity index (χ1n) is 7.26. The lowest BCUT2D eigenvalue weighted by atomic mass is 10.2. The Balaban J connectivity index is 2.08. The molecule has 0 fully saturated rings. The summed E-state index contributed by atoms with van der Waals surface area (Å²) in [5, 5.41) is 1.04. The SMILES string of the molecule is COc1ccc(-n2c(OC)nc3cnc4ccccc4c32)cc1. The molecule has 0 N–H and O–H groups in total. The fourth-order valence-corrected chi connectivity index (χ4v) is 2.79. The number of benzene rings is 2. The van der Waals surface area contributed by atoms with Crippen molar-refractivity contribution in [3.63, 3.8) is 0 Å². The van der Waals surface area contributed by atoms with Gasteiger partial charge in [0.15, 0.2) is 0 Å². The minimum absolute atomic E-state index is 0.531. The Hall–Kier alpha value is -3.08. The molecule has 23 heavy (non-hydrogen) atoms. The average molecular weight is 305 g/mol. The molecule has 0 aliphatic carbocycles. The van der Waals surface area contributed by atoms with Crippen LogP contribution >= 0.6 is 0 Å². The first-order chi connectivity index (χ1) is 11.3. The zero-order valence-electron chi connectivity index (χ0n) is 12.9. The molecule has 0 aliphatic rings. The summed E-state index contributed by atoms with van der Waals surface area (Å²) in [6.07, 6.45) is 1.78. The van der Waals surface area contributed by atoms with Gasteiger partial charge in [0.2, 0.25) is 0 Å². The summed E-state index contributed by atoms with van der Waals surface area (Å²) in [5.41, 5.74) is 3.67. The van der Waals surface area contributed by atoms with Crippen molar-refractivity contribution in [2.24, 2.45) is 0 Å². The van der Waals surface area contributed by atoms with Crippen LogP contribution in [0.25, 0.3) is 27.6 Å². The highest BCUT2D eigenvalue weighted by Crippen LogP contribution is 2.31. The molecule has 0 amide bonds. The maximum atomic E-state index is 5.48. The molecule has 0 saturated carbocycles. The predicted octanol–water partition coefficient (Wildman–Crippen LogP) is 3.59. The van der Waals surface area contributed by atoms with Gasteiger partial charge in [-0.3, -0.25) is 9.55 Å². The number of methoxy groups -OCH3 is 2. The number of imidazole rings is 1. The number of pyridine rings is 1. The number of nitrogens with zero attached hydrogens (tertiary/aromatic N) is 3. The number of fused-ring (bicyclic) bond motifs is 3. The number of hydrogen-bond acceptors (Lipinski definition) is 4. The third-order valence-electron chi connectivity index (χ3n) is 3.87. The van der Waals surface area contributed by atoms with Gasteiger partial charge in [-0.05, 0) is 30.3 Å². The van der Waals surface area contributed by atoms with E-state index in [1.165, 1.54) is 0 Å². The molecule has 2 aromatic carbocycles. The monoisotopic (exact) mass is 305 g/mol. The third-order valence-corrected chi connectivity index (χ3v) is 3.87. The molecule has 0 radical (unpaired) electrons. The molecule has 0 saturated heterocycles. The average Bonchev–Trinajstić information content (AvgIpc) is 3.01. The first kappa shape index (κ1) is 13.6. The van der Waals surface area contributed by atoms with Gasteiger partial charge >= 0.3 is 6.01 Å². The summed E-state index contributed by atoms with van der Waals surface area (Å²) in [5.74, 6) is 0.809. The molecule has 0 bridgehead atoms. The number of rotatable bonds is 3. The van der Waals surface area contributed by atoms with Crippen molar-refractivity contribution in [1.29, 1.82) is 0 Å². The van der Waals surface area contributed by atoms with E-state index in [4.69, 9.17) is 9.47 Å². The zero-order chi connectivity index (χ0) is 15.8. The van der Waals surface area contributed by atoms with Gasteiger partial charge in [0.25, 0.3) is 0 Å². The van der Waals surface area contributed by atoms with Gasteiger partial charge in [-0.15, -0.1) is 0 Å². The van der Waals surface area contributed by atoms with Crippen molar-refractivity contribution >= 4 is 21.9 Å². The van der Waals surface area contributed by atoms with Crippen molar-refractivity contribution in [1.82, 2.24) is 14.5 Å². The van der Waals surface area contributed by atoms with Crippen molar-refractivity contribution in [3.05, 3.63) is 54.7 Å². The molecular weight excluding hydrogens is 290 g/mol. The standard InChI is InChI=1S/C18H15N3O2/c1-22-13-9-7-12(8-10-13)21-17-14-5-3-4-6-15(14)19-11-16(17)20-18(21)23-2/h3-11H,1-2H3. The van der Waals surface area contributed by atoms with Crippen LogP contribution in [0.2, 0.25) is 0 Å². The fourth-order valence-electron chi connectivity index (χ4n) is 2.79. The van der Waals surface area contributed by atoms with Crippen molar-refractivity contribution in [2.45, 2.75) is 0 Å². The van der Waals surface area contributed by atoms with Crippen LogP contribution in [0, 0.1) is 0 Å². The van der Waals surface area contributed by atoms with E-state index in [0.29, 0.717) is 6.01 Å². The van der Waals surface area contributed by atoms with Gasteiger partial charge in [-0.2, -0.15) is 4.98 Å². The number of ether oxygens (including phenoxy) is 2. The van der Waals surface area contributed by atoms with E-state index in [1.807, 2.05) is 53.1 Å². The highest BCUT2D eigenvalue weighted by Gasteiger charge is 2.16. The normalized spacial score (nSPS) is 11.0. The maximum absolute atomic E-state index is 5.48. The summed E-state index contributed by atoms with van der Waals surface area (Å²) in [6, 6.07) is 16.4. The Morgan fingerprint density at radius 2 is 1.65 bits per heavy atom. The van der Waals surface area contributed by atoms with Gasteiger partial charge in [0, 0.05) is 5.39 Å². The highest BCUT2D eigenvalue weighted by molar-refractivity contribution is 6.03. The molecule has 0 unspecified atom stereocenters. The predicted molar refractivity (Wildman–Crippen MR) is 89.5 cm³/mol. The van der Waals surface area contributed by atoms with Gasteiger partial charge in [0.1, 0.15) is 11.3 Å². The van der Waals surface area contributed by atoms with E-state index < -0.39 is 0 Å². The van der Waals surface area contributed by atoms with Gasteiger partial charge in [0.05, 0.1) is 37.1 Å². The summed E-state index contributed by atoms with van der Waals surface area (Å²) in [6.45, 7) is 0. The van der Waals surface area contributed by atoms with E-state index in [9.17, 15) is 0 Å². The van der Waals surface area contributed by atoms with E-state index in [0.717, 1.165) is 33.4 Å². The van der Waals surface area contributed by atoms with Crippen LogP contribution in [0.4, 0.5) is 0 Å². The second-order valence-corrected chi connectivity index (χ2v) is 5.14. The topological polar surface area (TPSA) is 49.2 Å². The molecule has 0 aliphatic heterocycles. The molecule has 4 aromatic rings. The molecular formula is C18H15N3O2. The lowest BCUT2D eigenvalue weighted by Crippen LogP contribution is -1.99. The number of aromatic nitrogens is 3. The molecule has 4 rings (SSSR count). The van der Waals surface area contributed by atoms with Crippen LogP contribution in [0.15, 0.2) is 54.7 Å². The van der Waals surface area contributed by atoms with E-state index >= 15 is 0 Å². The third kappa shape index (κ3) is 2.09. The minimum Gasteiger partial charge on any atom is -0.497 e. The highest BCUT2D eigenvalue weighted by atomic mass is 16.5. The van der Waals surface area contributed by atoms with Gasteiger partial charge in [-0.1, -0.05) is 18.2 Å². The lowest BCUT2D eigenvalue weighted by Gasteiger charge is -2.10. The lowest BCUT2D eigenvalue weighted by molar-refractivity contribution is 0.375. The first-order valence-corrected chi connectivity index (χ1v) is 7.26. The summed E-state index contributed by atoms with van der Waals surface area (Å²) < 4.78 is 12.7. The Bertz CT molecular complexity index is 990. The molecule has 0 spiro atoms. The van der Waals surface area contributed by atoms with Crippen LogP contribution in [-0.2, 0) is 0 Å². The summed E-state index contributed by atoms with van der Waals surface area (Å²) in [4.78, 5) is 9.02. The molecule has 5 heteroatoms. The number of para-hydroxylation sites is 1. The smallest absolute Gasteiger partial charge is 0.301 e. The minimum atomic E-state index is 0.531. The largest absolute Gasteiger partial charge is 0.497 e. The van der Waals surface area contributed by atoms with Crippen LogP contribution in [-0.4, -0.2) is 28.8 Å². The quantitative estimate of drug-likeness (QED) is 0.580. The zero-order valence-corrected chi connectivity index (χ0v) is 12.9. The van der Waals surface area contributed by atoms with Crippen molar-refractivity contribution < 1.29 is 9.47 Å². The summed E-state index contributed by atoms with van der Waals surface area (Å²) in [7, 11) is 3.28. The van der Waals surface area contributed by atoms with Crippen LogP contribution in [0.1, 0.15) is 0 Å². The van der Waals surface area contributed by atoms with E-state index in [2.05, 4.69) is 9.97 Å². The van der Waals surface area contributed by atoms with Crippen LogP contribution in [0.5, 0.6) is 11.8 Å². The van der Waals surface area contributed by atoms with Gasteiger partial charge in [-0.25, -0.2) is 0 Å². The molecule has 114 valence electrons. The van der Waals surface area contributed by atoms with Crippen molar-refractivity contribution in [2.75, 3.05) is 14.2 Å². The van der Waals surface area contributed by atoms with E-state index in [1.54, 1.807) is 20.4 Å². The Kier molecular flexibility index (Phi) is 3.12. The van der Waals surface area contributed by atoms with E-state index in [-0.39, 0.29) is 0 Å². The molecule has 2 heterocycles.